The van der Waals surface area contributed by atoms with Crippen LogP contribution in [0.25, 0.3) is 22.3 Å². The predicted molar refractivity (Wildman–Crippen MR) is 151 cm³/mol. The third-order valence-corrected chi connectivity index (χ3v) is 7.69. The number of aromatic nitrogens is 4. The standard InChI is InChI=1S/C30H35N7/c1-19(2)20-6-8-23(9-7-20)34-27-16-22(10-15-33-27)29-35-26-18-32-17-25(21-4-5-21)28(26)30(36-29)37(3)24-11-13-31-14-12-24/h6-10,15-19,21,24,31H,4-5,11-14H2,1-3H3,(H,33,34). The molecule has 3 aromatic heterocycles. The lowest BCUT2D eigenvalue weighted by Crippen LogP contribution is -2.41. The predicted octanol–water partition coefficient (Wildman–Crippen LogP) is 6.02. The lowest BCUT2D eigenvalue weighted by molar-refractivity contribution is 0.442. The monoisotopic (exact) mass is 493 g/mol. The maximum Gasteiger partial charge on any atom is 0.162 e. The molecule has 1 saturated carbocycles. The summed E-state index contributed by atoms with van der Waals surface area (Å²) in [6.07, 6.45) is 10.4. The second-order valence-corrected chi connectivity index (χ2v) is 10.7. The molecule has 6 rings (SSSR count). The van der Waals surface area contributed by atoms with Gasteiger partial charge in [-0.3, -0.25) is 4.98 Å². The molecule has 190 valence electrons. The summed E-state index contributed by atoms with van der Waals surface area (Å²) in [6, 6.07) is 13.0. The molecule has 0 amide bonds. The largest absolute Gasteiger partial charge is 0.356 e. The number of anilines is 3. The summed E-state index contributed by atoms with van der Waals surface area (Å²) in [5.74, 6) is 3.58. The van der Waals surface area contributed by atoms with E-state index in [2.05, 4.69) is 70.7 Å². The third-order valence-electron chi connectivity index (χ3n) is 7.69. The zero-order valence-corrected chi connectivity index (χ0v) is 21.9. The fraction of sp³-hybridized carbons (Fsp3) is 0.400. The Morgan fingerprint density at radius 3 is 2.49 bits per heavy atom. The first-order valence-corrected chi connectivity index (χ1v) is 13.5. The van der Waals surface area contributed by atoms with Gasteiger partial charge in [0, 0.05) is 42.1 Å². The number of piperidine rings is 1. The smallest absolute Gasteiger partial charge is 0.162 e. The van der Waals surface area contributed by atoms with Crippen LogP contribution in [-0.4, -0.2) is 46.1 Å². The topological polar surface area (TPSA) is 78.9 Å². The summed E-state index contributed by atoms with van der Waals surface area (Å²) in [6.45, 7) is 6.49. The summed E-state index contributed by atoms with van der Waals surface area (Å²) in [5.41, 5.74) is 5.48. The molecule has 0 atom stereocenters. The summed E-state index contributed by atoms with van der Waals surface area (Å²) < 4.78 is 0. The lowest BCUT2D eigenvalue weighted by atomic mass is 10.0. The minimum atomic E-state index is 0.455. The summed E-state index contributed by atoms with van der Waals surface area (Å²) >= 11 is 0. The molecule has 2 N–H and O–H groups in total. The maximum atomic E-state index is 5.21. The Hall–Kier alpha value is -3.58. The number of pyridine rings is 2. The summed E-state index contributed by atoms with van der Waals surface area (Å²) in [4.78, 5) is 21.7. The molecule has 2 aliphatic rings. The van der Waals surface area contributed by atoms with Gasteiger partial charge in [0.1, 0.15) is 11.6 Å². The van der Waals surface area contributed by atoms with E-state index in [0.717, 1.165) is 54.3 Å². The zero-order chi connectivity index (χ0) is 25.4. The van der Waals surface area contributed by atoms with Crippen molar-refractivity contribution in [2.45, 2.75) is 57.4 Å². The van der Waals surface area contributed by atoms with E-state index in [9.17, 15) is 0 Å². The highest BCUT2D eigenvalue weighted by Gasteiger charge is 2.30. The second kappa shape index (κ2) is 10.1. The molecule has 7 heteroatoms. The molecule has 1 aliphatic carbocycles. The van der Waals surface area contributed by atoms with E-state index < -0.39 is 0 Å². The molecule has 1 aliphatic heterocycles. The van der Waals surface area contributed by atoms with Crippen LogP contribution in [0.2, 0.25) is 0 Å². The van der Waals surface area contributed by atoms with E-state index in [1.807, 2.05) is 30.7 Å². The van der Waals surface area contributed by atoms with Crippen molar-refractivity contribution in [2.24, 2.45) is 0 Å². The van der Waals surface area contributed by atoms with Gasteiger partial charge in [-0.05, 0) is 86.0 Å². The summed E-state index contributed by atoms with van der Waals surface area (Å²) in [7, 11) is 2.19. The van der Waals surface area contributed by atoms with Gasteiger partial charge in [-0.15, -0.1) is 0 Å². The average molecular weight is 494 g/mol. The minimum Gasteiger partial charge on any atom is -0.356 e. The van der Waals surface area contributed by atoms with Gasteiger partial charge in [-0.25, -0.2) is 15.0 Å². The van der Waals surface area contributed by atoms with E-state index in [4.69, 9.17) is 9.97 Å². The Bertz CT molecular complexity index is 1390. The van der Waals surface area contributed by atoms with Crippen LogP contribution in [0.3, 0.4) is 0 Å². The number of fused-ring (bicyclic) bond motifs is 1. The van der Waals surface area contributed by atoms with Gasteiger partial charge in [0.25, 0.3) is 0 Å². The van der Waals surface area contributed by atoms with Crippen LogP contribution in [0.1, 0.15) is 62.5 Å². The summed E-state index contributed by atoms with van der Waals surface area (Å²) in [5, 5.41) is 8.10. The van der Waals surface area contributed by atoms with E-state index >= 15 is 0 Å². The highest BCUT2D eigenvalue weighted by atomic mass is 15.2. The molecule has 4 aromatic rings. The third kappa shape index (κ3) is 5.01. The number of benzene rings is 1. The van der Waals surface area contributed by atoms with Crippen LogP contribution < -0.4 is 15.5 Å². The van der Waals surface area contributed by atoms with Gasteiger partial charge in [-0.2, -0.15) is 0 Å². The molecule has 37 heavy (non-hydrogen) atoms. The quantitative estimate of drug-likeness (QED) is 0.326. The number of nitrogens with zero attached hydrogens (tertiary/aromatic N) is 5. The molecule has 1 aromatic carbocycles. The molecule has 0 bridgehead atoms. The first kappa shape index (κ1) is 23.8. The Morgan fingerprint density at radius 2 is 1.76 bits per heavy atom. The van der Waals surface area contributed by atoms with E-state index in [1.165, 1.54) is 29.4 Å². The average Bonchev–Trinajstić information content (AvgIpc) is 3.78. The van der Waals surface area contributed by atoms with E-state index in [-0.39, 0.29) is 0 Å². The van der Waals surface area contributed by atoms with Gasteiger partial charge in [0.15, 0.2) is 5.82 Å². The van der Waals surface area contributed by atoms with Gasteiger partial charge in [0.2, 0.25) is 0 Å². The number of hydrogen-bond donors (Lipinski definition) is 2. The first-order valence-electron chi connectivity index (χ1n) is 13.5. The maximum absolute atomic E-state index is 5.21. The van der Waals surface area contributed by atoms with Crippen LogP contribution >= 0.6 is 0 Å². The first-order chi connectivity index (χ1) is 18.1. The number of hydrogen-bond acceptors (Lipinski definition) is 7. The molecule has 0 spiro atoms. The van der Waals surface area contributed by atoms with Gasteiger partial charge in [-0.1, -0.05) is 26.0 Å². The van der Waals surface area contributed by atoms with Gasteiger partial charge < -0.3 is 15.5 Å². The van der Waals surface area contributed by atoms with Crippen LogP contribution in [-0.2, 0) is 0 Å². The normalized spacial score (nSPS) is 16.3. The molecule has 0 radical (unpaired) electrons. The van der Waals surface area contributed by atoms with Gasteiger partial charge in [0.05, 0.1) is 11.7 Å². The highest BCUT2D eigenvalue weighted by molar-refractivity contribution is 5.94. The van der Waals surface area contributed by atoms with Crippen molar-refractivity contribution in [1.82, 2.24) is 25.3 Å². The molecule has 7 nitrogen and oxygen atoms in total. The van der Waals surface area contributed by atoms with Crippen molar-refractivity contribution in [1.29, 1.82) is 0 Å². The Kier molecular flexibility index (Phi) is 6.47. The molecular weight excluding hydrogens is 458 g/mol. The van der Waals surface area contributed by atoms with E-state index in [1.54, 1.807) is 0 Å². The Morgan fingerprint density at radius 1 is 0.973 bits per heavy atom. The van der Waals surface area contributed by atoms with Crippen molar-refractivity contribution in [3.8, 4) is 11.4 Å². The number of nitrogens with one attached hydrogen (secondary N) is 2. The lowest BCUT2D eigenvalue weighted by Gasteiger charge is -2.33. The molecular formula is C30H35N7. The van der Waals surface area contributed by atoms with Crippen molar-refractivity contribution < 1.29 is 0 Å². The highest BCUT2D eigenvalue weighted by Crippen LogP contribution is 2.45. The fourth-order valence-electron chi connectivity index (χ4n) is 5.28. The van der Waals surface area contributed by atoms with Crippen LogP contribution in [0.4, 0.5) is 17.3 Å². The Labute approximate surface area is 218 Å². The SMILES string of the molecule is CC(C)c1ccc(Nc2cc(-c3nc(N(C)C4CCNCC4)c4c(C5CC5)cncc4n3)ccn2)cc1. The van der Waals surface area contributed by atoms with Crippen molar-refractivity contribution in [2.75, 3.05) is 30.4 Å². The van der Waals surface area contributed by atoms with Gasteiger partial charge >= 0.3 is 0 Å². The Balaban J connectivity index is 1.38. The second-order valence-electron chi connectivity index (χ2n) is 10.7. The van der Waals surface area contributed by atoms with Crippen molar-refractivity contribution >= 4 is 28.2 Å². The molecule has 1 saturated heterocycles. The minimum absolute atomic E-state index is 0.455. The molecule has 2 fully saturated rings. The molecule has 4 heterocycles. The van der Waals surface area contributed by atoms with E-state index in [0.29, 0.717) is 23.7 Å². The van der Waals surface area contributed by atoms with Crippen LogP contribution in [0.5, 0.6) is 0 Å². The molecule has 0 unspecified atom stereocenters. The van der Waals surface area contributed by atoms with Crippen molar-refractivity contribution in [3.63, 3.8) is 0 Å². The van der Waals surface area contributed by atoms with Crippen molar-refractivity contribution in [3.05, 3.63) is 66.1 Å². The zero-order valence-electron chi connectivity index (χ0n) is 21.9. The van der Waals surface area contributed by atoms with Crippen LogP contribution in [0, 0.1) is 0 Å². The fourth-order valence-corrected chi connectivity index (χ4v) is 5.28. The number of rotatable bonds is 7. The van der Waals surface area contributed by atoms with Crippen LogP contribution in [0.15, 0.2) is 55.0 Å².